The Kier molecular flexibility index (Phi) is 3.76. The summed E-state index contributed by atoms with van der Waals surface area (Å²) in [5.74, 6) is 0. The normalized spacial score (nSPS) is 10.5. The second-order valence-electron chi connectivity index (χ2n) is 4.03. The fraction of sp³-hybridized carbons (Fsp3) is 0.308. The molecule has 90 valence electrons. The Labute approximate surface area is 105 Å². The summed E-state index contributed by atoms with van der Waals surface area (Å²) in [7, 11) is 2.02. The van der Waals surface area contributed by atoms with Crippen LogP contribution in [0.1, 0.15) is 16.3 Å². The highest BCUT2D eigenvalue weighted by Crippen LogP contribution is 2.21. The SMILES string of the molecule is Cc1csc(CN(C)c2ccccc2CO)n1. The van der Waals surface area contributed by atoms with Crippen LogP contribution in [0.3, 0.4) is 0 Å². The summed E-state index contributed by atoms with van der Waals surface area (Å²) in [5, 5.41) is 12.4. The van der Waals surface area contributed by atoms with E-state index in [0.29, 0.717) is 0 Å². The van der Waals surface area contributed by atoms with E-state index in [0.717, 1.165) is 28.5 Å². The number of aromatic nitrogens is 1. The van der Waals surface area contributed by atoms with Gasteiger partial charge >= 0.3 is 0 Å². The average molecular weight is 248 g/mol. The second kappa shape index (κ2) is 5.29. The summed E-state index contributed by atoms with van der Waals surface area (Å²) in [5.41, 5.74) is 3.07. The molecule has 2 aromatic rings. The smallest absolute Gasteiger partial charge is 0.112 e. The lowest BCUT2D eigenvalue weighted by molar-refractivity contribution is 0.282. The number of aliphatic hydroxyl groups excluding tert-OH is 1. The van der Waals surface area contributed by atoms with E-state index in [1.165, 1.54) is 0 Å². The number of thiazole rings is 1. The quantitative estimate of drug-likeness (QED) is 0.903. The van der Waals surface area contributed by atoms with Crippen LogP contribution in [0, 0.1) is 6.92 Å². The van der Waals surface area contributed by atoms with Crippen molar-refractivity contribution in [3.63, 3.8) is 0 Å². The Bertz CT molecular complexity index is 496. The maximum atomic E-state index is 9.30. The number of aliphatic hydroxyl groups is 1. The molecule has 0 saturated heterocycles. The van der Waals surface area contributed by atoms with Crippen LogP contribution in [-0.2, 0) is 13.2 Å². The maximum absolute atomic E-state index is 9.30. The second-order valence-corrected chi connectivity index (χ2v) is 4.97. The van der Waals surface area contributed by atoms with Crippen LogP contribution in [0.15, 0.2) is 29.6 Å². The molecule has 0 radical (unpaired) electrons. The van der Waals surface area contributed by atoms with Crippen LogP contribution in [0.5, 0.6) is 0 Å². The topological polar surface area (TPSA) is 36.4 Å². The number of hydrogen-bond acceptors (Lipinski definition) is 4. The van der Waals surface area contributed by atoms with Crippen LogP contribution in [0.4, 0.5) is 5.69 Å². The lowest BCUT2D eigenvalue weighted by Gasteiger charge is -2.20. The first-order chi connectivity index (χ1) is 8.20. The van der Waals surface area contributed by atoms with Crippen molar-refractivity contribution in [1.29, 1.82) is 0 Å². The molecule has 1 aromatic heterocycles. The van der Waals surface area contributed by atoms with E-state index in [4.69, 9.17) is 0 Å². The van der Waals surface area contributed by atoms with Gasteiger partial charge in [-0.1, -0.05) is 18.2 Å². The third-order valence-corrected chi connectivity index (χ3v) is 3.56. The van der Waals surface area contributed by atoms with Crippen LogP contribution < -0.4 is 4.90 Å². The Morgan fingerprint density at radius 1 is 1.35 bits per heavy atom. The summed E-state index contributed by atoms with van der Waals surface area (Å²) in [4.78, 5) is 6.56. The number of nitrogens with zero attached hydrogens (tertiary/aromatic N) is 2. The summed E-state index contributed by atoms with van der Waals surface area (Å²) in [6.45, 7) is 2.84. The Hall–Kier alpha value is -1.39. The van der Waals surface area contributed by atoms with Crippen LogP contribution in [0.25, 0.3) is 0 Å². The minimum atomic E-state index is 0.0669. The van der Waals surface area contributed by atoms with Gasteiger partial charge in [-0.25, -0.2) is 4.98 Å². The van der Waals surface area contributed by atoms with Gasteiger partial charge in [-0.3, -0.25) is 0 Å². The summed E-state index contributed by atoms with van der Waals surface area (Å²) < 4.78 is 0. The molecule has 0 spiro atoms. The van der Waals surface area contributed by atoms with Gasteiger partial charge in [-0.2, -0.15) is 0 Å². The van der Waals surface area contributed by atoms with Crippen molar-refractivity contribution in [3.8, 4) is 0 Å². The van der Waals surface area contributed by atoms with E-state index in [9.17, 15) is 5.11 Å². The molecule has 0 aliphatic carbocycles. The fourth-order valence-electron chi connectivity index (χ4n) is 1.78. The van der Waals surface area contributed by atoms with Gasteiger partial charge in [0, 0.05) is 29.4 Å². The number of hydrogen-bond donors (Lipinski definition) is 1. The van der Waals surface area contributed by atoms with Crippen LogP contribution >= 0.6 is 11.3 Å². The van der Waals surface area contributed by atoms with Crippen molar-refractivity contribution in [2.45, 2.75) is 20.1 Å². The minimum absolute atomic E-state index is 0.0669. The summed E-state index contributed by atoms with van der Waals surface area (Å²) in [6.07, 6.45) is 0. The molecule has 2 rings (SSSR count). The molecule has 0 unspecified atom stereocenters. The van der Waals surface area contributed by atoms with Gasteiger partial charge in [0.05, 0.1) is 13.2 Å². The Balaban J connectivity index is 2.16. The Morgan fingerprint density at radius 2 is 2.12 bits per heavy atom. The van der Waals surface area contributed by atoms with Crippen LogP contribution in [0.2, 0.25) is 0 Å². The third kappa shape index (κ3) is 2.84. The van der Waals surface area contributed by atoms with Crippen molar-refractivity contribution < 1.29 is 5.11 Å². The van der Waals surface area contributed by atoms with E-state index in [1.54, 1.807) is 11.3 Å². The van der Waals surface area contributed by atoms with E-state index < -0.39 is 0 Å². The zero-order valence-electron chi connectivity index (χ0n) is 10.1. The highest BCUT2D eigenvalue weighted by Gasteiger charge is 2.08. The lowest BCUT2D eigenvalue weighted by atomic mass is 10.2. The van der Waals surface area contributed by atoms with Gasteiger partial charge in [0.15, 0.2) is 0 Å². The monoisotopic (exact) mass is 248 g/mol. The third-order valence-electron chi connectivity index (χ3n) is 2.61. The maximum Gasteiger partial charge on any atom is 0.112 e. The fourth-order valence-corrected chi connectivity index (χ4v) is 2.60. The standard InChI is InChI=1S/C13H16N2OS/c1-10-9-17-13(14-10)7-15(2)12-6-4-3-5-11(12)8-16/h3-6,9,16H,7-8H2,1-2H3. The minimum Gasteiger partial charge on any atom is -0.392 e. The predicted molar refractivity (Wildman–Crippen MR) is 71.3 cm³/mol. The molecule has 0 aliphatic heterocycles. The predicted octanol–water partition coefficient (Wildman–Crippen LogP) is 2.58. The molecule has 1 heterocycles. The first-order valence-corrected chi connectivity index (χ1v) is 6.39. The Morgan fingerprint density at radius 3 is 2.76 bits per heavy atom. The van der Waals surface area contributed by atoms with Crippen molar-refractivity contribution in [2.75, 3.05) is 11.9 Å². The van der Waals surface area contributed by atoms with Crippen molar-refractivity contribution >= 4 is 17.0 Å². The van der Waals surface area contributed by atoms with Gasteiger partial charge in [-0.15, -0.1) is 11.3 Å². The molecule has 0 aliphatic rings. The van der Waals surface area contributed by atoms with Crippen molar-refractivity contribution in [3.05, 3.63) is 45.9 Å². The highest BCUT2D eigenvalue weighted by molar-refractivity contribution is 7.09. The highest BCUT2D eigenvalue weighted by atomic mass is 32.1. The molecular weight excluding hydrogens is 232 g/mol. The number of benzene rings is 1. The van der Waals surface area contributed by atoms with E-state index in [-0.39, 0.29) is 6.61 Å². The summed E-state index contributed by atoms with van der Waals surface area (Å²) in [6, 6.07) is 7.89. The number of para-hydroxylation sites is 1. The molecule has 0 amide bonds. The molecule has 1 aromatic carbocycles. The first kappa shape index (κ1) is 12.1. The molecule has 17 heavy (non-hydrogen) atoms. The van der Waals surface area contributed by atoms with Gasteiger partial charge in [0.1, 0.15) is 5.01 Å². The van der Waals surface area contributed by atoms with Gasteiger partial charge in [0.2, 0.25) is 0 Å². The van der Waals surface area contributed by atoms with E-state index in [1.807, 2.05) is 38.2 Å². The molecule has 0 fully saturated rings. The van der Waals surface area contributed by atoms with Gasteiger partial charge < -0.3 is 10.0 Å². The molecule has 3 nitrogen and oxygen atoms in total. The van der Waals surface area contributed by atoms with Crippen molar-refractivity contribution in [1.82, 2.24) is 4.98 Å². The summed E-state index contributed by atoms with van der Waals surface area (Å²) >= 11 is 1.67. The molecule has 0 saturated carbocycles. The zero-order chi connectivity index (χ0) is 12.3. The van der Waals surface area contributed by atoms with E-state index >= 15 is 0 Å². The van der Waals surface area contributed by atoms with Gasteiger partial charge in [0.25, 0.3) is 0 Å². The van der Waals surface area contributed by atoms with Gasteiger partial charge in [-0.05, 0) is 13.0 Å². The number of anilines is 1. The van der Waals surface area contributed by atoms with Crippen LogP contribution in [-0.4, -0.2) is 17.1 Å². The molecule has 4 heteroatoms. The molecule has 1 N–H and O–H groups in total. The van der Waals surface area contributed by atoms with Crippen molar-refractivity contribution in [2.24, 2.45) is 0 Å². The average Bonchev–Trinajstić information content (AvgIpc) is 2.74. The lowest BCUT2D eigenvalue weighted by Crippen LogP contribution is -2.17. The first-order valence-electron chi connectivity index (χ1n) is 5.51. The largest absolute Gasteiger partial charge is 0.392 e. The molecule has 0 bridgehead atoms. The number of rotatable bonds is 4. The number of aryl methyl sites for hydroxylation is 1. The molecule has 0 atom stereocenters. The molecular formula is C13H16N2OS. The zero-order valence-corrected chi connectivity index (χ0v) is 10.9. The van der Waals surface area contributed by atoms with E-state index in [2.05, 4.69) is 15.3 Å².